The molecule has 8 heteroatoms. The maximum atomic E-state index is 14.2. The van der Waals surface area contributed by atoms with Gasteiger partial charge in [0.05, 0.1) is 12.7 Å². The van der Waals surface area contributed by atoms with Crippen molar-refractivity contribution in [2.75, 3.05) is 0 Å². The minimum Gasteiger partial charge on any atom is -0.477 e. The molecule has 0 aliphatic carbocycles. The summed E-state index contributed by atoms with van der Waals surface area (Å²) in [5.74, 6) is -1.78. The fourth-order valence-electron chi connectivity index (χ4n) is 3.31. The summed E-state index contributed by atoms with van der Waals surface area (Å²) in [6.07, 6.45) is 3.97. The van der Waals surface area contributed by atoms with Crippen LogP contribution in [0, 0.1) is 5.82 Å². The van der Waals surface area contributed by atoms with Gasteiger partial charge in [-0.15, -0.1) is 0 Å². The number of fused-ring (bicyclic) bond motifs is 1. The molecule has 0 saturated heterocycles. The largest absolute Gasteiger partial charge is 0.477 e. The fraction of sp³-hybridized carbons (Fsp3) is 0.0500. The Balaban J connectivity index is 2.09. The molecular formula is C20H13ClFN3O3. The third-order valence-corrected chi connectivity index (χ3v) is 4.74. The highest BCUT2D eigenvalue weighted by Crippen LogP contribution is 2.35. The predicted octanol–water partition coefficient (Wildman–Crippen LogP) is 3.93. The average Bonchev–Trinajstić information content (AvgIpc) is 2.97. The van der Waals surface area contributed by atoms with Crippen LogP contribution in [0.1, 0.15) is 16.1 Å². The minimum atomic E-state index is -1.24. The van der Waals surface area contributed by atoms with Crippen LogP contribution in [0.15, 0.2) is 59.8 Å². The van der Waals surface area contributed by atoms with E-state index in [0.29, 0.717) is 15.9 Å². The van der Waals surface area contributed by atoms with Gasteiger partial charge in [-0.1, -0.05) is 11.6 Å². The lowest BCUT2D eigenvalue weighted by Gasteiger charge is -2.10. The molecule has 4 rings (SSSR count). The summed E-state index contributed by atoms with van der Waals surface area (Å²) in [7, 11) is 0. The number of carboxylic acids is 1. The van der Waals surface area contributed by atoms with E-state index in [1.165, 1.54) is 29.1 Å². The van der Waals surface area contributed by atoms with Gasteiger partial charge in [0.15, 0.2) is 0 Å². The predicted molar refractivity (Wildman–Crippen MR) is 103 cm³/mol. The van der Waals surface area contributed by atoms with Gasteiger partial charge in [0.25, 0.3) is 5.56 Å². The van der Waals surface area contributed by atoms with Crippen LogP contribution in [0.3, 0.4) is 0 Å². The maximum Gasteiger partial charge on any atom is 0.353 e. The van der Waals surface area contributed by atoms with Crippen LogP contribution in [-0.2, 0) is 6.54 Å². The number of rotatable bonds is 4. The van der Waals surface area contributed by atoms with Crippen LogP contribution >= 0.6 is 11.6 Å². The van der Waals surface area contributed by atoms with E-state index in [1.54, 1.807) is 24.3 Å². The van der Waals surface area contributed by atoms with Crippen molar-refractivity contribution < 1.29 is 14.3 Å². The number of pyridine rings is 2. The summed E-state index contributed by atoms with van der Waals surface area (Å²) in [5, 5.41) is 10.8. The zero-order valence-corrected chi connectivity index (χ0v) is 15.1. The van der Waals surface area contributed by atoms with E-state index in [9.17, 15) is 19.1 Å². The molecule has 4 aromatic rings. The highest BCUT2D eigenvalue weighted by molar-refractivity contribution is 6.31. The Morgan fingerprint density at radius 2 is 2.11 bits per heavy atom. The second-order valence-electron chi connectivity index (χ2n) is 6.16. The quantitative estimate of drug-likeness (QED) is 0.546. The second kappa shape index (κ2) is 6.94. The molecule has 3 aromatic heterocycles. The summed E-state index contributed by atoms with van der Waals surface area (Å²) in [6.45, 7) is -0.0428. The molecule has 0 bridgehead atoms. The molecule has 3 heterocycles. The molecule has 6 nitrogen and oxygen atoms in total. The first-order valence-corrected chi connectivity index (χ1v) is 8.66. The summed E-state index contributed by atoms with van der Waals surface area (Å²) in [5.41, 5.74) is 0.681. The van der Waals surface area contributed by atoms with E-state index >= 15 is 0 Å². The second-order valence-corrected chi connectivity index (χ2v) is 6.59. The molecule has 0 aliphatic heterocycles. The number of carboxylic acid groups (broad SMARTS) is 1. The summed E-state index contributed by atoms with van der Waals surface area (Å²) < 4.78 is 15.6. The number of nitrogens with zero attached hydrogens (tertiary/aromatic N) is 2. The number of hydrogen-bond donors (Lipinski definition) is 2. The van der Waals surface area contributed by atoms with Crippen molar-refractivity contribution in [3.8, 4) is 11.1 Å². The van der Waals surface area contributed by atoms with Gasteiger partial charge in [-0.3, -0.25) is 9.78 Å². The van der Waals surface area contributed by atoms with Gasteiger partial charge in [0.1, 0.15) is 11.5 Å². The number of H-pyrrole nitrogens is 1. The van der Waals surface area contributed by atoms with Crippen molar-refractivity contribution in [1.29, 1.82) is 0 Å². The highest BCUT2D eigenvalue weighted by atomic mass is 35.5. The SMILES string of the molecule is O=C(O)c1c(-c2ccc[nH]c2=O)c2cc(Cl)ccc2n1Cc1ccncc1F. The molecule has 140 valence electrons. The van der Waals surface area contributed by atoms with E-state index in [-0.39, 0.29) is 28.9 Å². The molecule has 0 radical (unpaired) electrons. The third-order valence-electron chi connectivity index (χ3n) is 4.50. The van der Waals surface area contributed by atoms with Crippen molar-refractivity contribution >= 4 is 28.5 Å². The summed E-state index contributed by atoms with van der Waals surface area (Å²) >= 11 is 6.13. The molecule has 28 heavy (non-hydrogen) atoms. The van der Waals surface area contributed by atoms with E-state index < -0.39 is 17.3 Å². The van der Waals surface area contributed by atoms with Crippen molar-refractivity contribution in [3.05, 3.63) is 87.4 Å². The normalized spacial score (nSPS) is 11.1. The molecule has 1 aromatic carbocycles. The molecule has 0 saturated carbocycles. The number of aromatic nitrogens is 3. The Bertz CT molecular complexity index is 1280. The monoisotopic (exact) mass is 397 g/mol. The Labute approximate surface area is 162 Å². The van der Waals surface area contributed by atoms with Gasteiger partial charge in [0, 0.05) is 45.0 Å². The van der Waals surface area contributed by atoms with Crippen LogP contribution in [0.5, 0.6) is 0 Å². The topological polar surface area (TPSA) is 88.0 Å². The minimum absolute atomic E-state index is 0.0428. The molecule has 0 aliphatic rings. The van der Waals surface area contributed by atoms with Gasteiger partial charge in [-0.2, -0.15) is 0 Å². The molecule has 0 atom stereocenters. The first-order valence-electron chi connectivity index (χ1n) is 8.29. The van der Waals surface area contributed by atoms with Gasteiger partial charge in [0.2, 0.25) is 0 Å². The Hall–Kier alpha value is -3.45. The van der Waals surface area contributed by atoms with E-state index in [2.05, 4.69) is 9.97 Å². The van der Waals surface area contributed by atoms with Crippen LogP contribution < -0.4 is 5.56 Å². The van der Waals surface area contributed by atoms with Crippen LogP contribution in [-0.4, -0.2) is 25.6 Å². The Morgan fingerprint density at radius 1 is 1.29 bits per heavy atom. The number of carbonyl (C=O) groups is 1. The molecule has 0 unspecified atom stereocenters. The number of benzene rings is 1. The van der Waals surface area contributed by atoms with Gasteiger partial charge in [-0.05, 0) is 36.4 Å². The molecule has 2 N–H and O–H groups in total. The molecular weight excluding hydrogens is 385 g/mol. The smallest absolute Gasteiger partial charge is 0.353 e. The van der Waals surface area contributed by atoms with Crippen LogP contribution in [0.25, 0.3) is 22.0 Å². The number of aromatic amines is 1. The van der Waals surface area contributed by atoms with E-state index in [1.807, 2.05) is 0 Å². The Morgan fingerprint density at radius 3 is 2.82 bits per heavy atom. The van der Waals surface area contributed by atoms with Crippen molar-refractivity contribution in [3.63, 3.8) is 0 Å². The van der Waals surface area contributed by atoms with Crippen molar-refractivity contribution in [2.24, 2.45) is 0 Å². The fourth-order valence-corrected chi connectivity index (χ4v) is 3.48. The first-order chi connectivity index (χ1) is 13.5. The van der Waals surface area contributed by atoms with Gasteiger partial charge < -0.3 is 14.7 Å². The van der Waals surface area contributed by atoms with Crippen LogP contribution in [0.2, 0.25) is 5.02 Å². The van der Waals surface area contributed by atoms with Crippen molar-refractivity contribution in [2.45, 2.75) is 6.54 Å². The lowest BCUT2D eigenvalue weighted by atomic mass is 10.0. The zero-order chi connectivity index (χ0) is 19.8. The number of hydrogen-bond acceptors (Lipinski definition) is 3. The van der Waals surface area contributed by atoms with Gasteiger partial charge >= 0.3 is 5.97 Å². The van der Waals surface area contributed by atoms with Crippen LogP contribution in [0.4, 0.5) is 4.39 Å². The number of nitrogens with one attached hydrogen (secondary N) is 1. The molecule has 0 amide bonds. The third kappa shape index (κ3) is 2.95. The van der Waals surface area contributed by atoms with E-state index in [0.717, 1.165) is 6.20 Å². The highest BCUT2D eigenvalue weighted by Gasteiger charge is 2.25. The maximum absolute atomic E-state index is 14.2. The molecule has 0 fully saturated rings. The van der Waals surface area contributed by atoms with E-state index in [4.69, 9.17) is 11.6 Å². The number of aromatic carboxylic acids is 1. The zero-order valence-electron chi connectivity index (χ0n) is 14.3. The summed E-state index contributed by atoms with van der Waals surface area (Å²) in [6, 6.07) is 9.51. The standard InChI is InChI=1S/C20H13ClFN3O3/c21-12-3-4-16-14(8-12)17(13-2-1-6-24-19(13)26)18(20(27)28)25(16)10-11-5-7-23-9-15(11)22/h1-9H,10H2,(H,24,26)(H,27,28). The average molecular weight is 398 g/mol. The Kier molecular flexibility index (Phi) is 4.44. The number of halogens is 2. The van der Waals surface area contributed by atoms with Crippen molar-refractivity contribution in [1.82, 2.24) is 14.5 Å². The first kappa shape index (κ1) is 17.9. The lowest BCUT2D eigenvalue weighted by Crippen LogP contribution is -2.14. The molecule has 0 spiro atoms. The summed E-state index contributed by atoms with van der Waals surface area (Å²) in [4.78, 5) is 30.8. The van der Waals surface area contributed by atoms with Gasteiger partial charge in [-0.25, -0.2) is 9.18 Å². The lowest BCUT2D eigenvalue weighted by molar-refractivity contribution is 0.0687.